The number of thiazole rings is 1. The number of carbonyl (C=O) groups is 3. The lowest BCUT2D eigenvalue weighted by atomic mass is 10.1. The first-order chi connectivity index (χ1) is 13.4. The highest BCUT2D eigenvalue weighted by atomic mass is 32.1. The van der Waals surface area contributed by atoms with Crippen molar-refractivity contribution in [3.8, 4) is 12.3 Å². The molecule has 0 N–H and O–H groups in total. The molecule has 28 heavy (non-hydrogen) atoms. The van der Waals surface area contributed by atoms with Gasteiger partial charge >= 0.3 is 5.97 Å². The topological polar surface area (TPSA) is 77.7 Å². The predicted molar refractivity (Wildman–Crippen MR) is 106 cm³/mol. The van der Waals surface area contributed by atoms with Gasteiger partial charge in [0.15, 0.2) is 10.6 Å². The van der Waals surface area contributed by atoms with Crippen molar-refractivity contribution in [1.82, 2.24) is 4.57 Å². The van der Waals surface area contributed by atoms with Gasteiger partial charge in [0.1, 0.15) is 0 Å². The average molecular weight is 392 g/mol. The van der Waals surface area contributed by atoms with Gasteiger partial charge in [-0.2, -0.15) is 4.99 Å². The summed E-state index contributed by atoms with van der Waals surface area (Å²) in [5.74, 6) is 1.59. The molecule has 7 heteroatoms. The highest BCUT2D eigenvalue weighted by Crippen LogP contribution is 2.20. The van der Waals surface area contributed by atoms with Gasteiger partial charge in [-0.1, -0.05) is 29.4 Å². The van der Waals surface area contributed by atoms with Crippen molar-refractivity contribution >= 4 is 39.2 Å². The first-order valence-electron chi connectivity index (χ1n) is 8.30. The molecule has 0 aliphatic carbocycles. The number of ketones is 1. The number of fused-ring (bicyclic) bond motifs is 1. The number of amides is 1. The lowest BCUT2D eigenvalue weighted by Gasteiger charge is -2.02. The van der Waals surface area contributed by atoms with Crippen molar-refractivity contribution in [3.05, 3.63) is 64.0 Å². The summed E-state index contributed by atoms with van der Waals surface area (Å²) in [7, 11) is 1.32. The Morgan fingerprint density at radius 1 is 1.11 bits per heavy atom. The monoisotopic (exact) mass is 392 g/mol. The number of Topliss-reactive ketones (excluding diaryl/α,β-unsaturated/α-hetero) is 1. The molecule has 0 saturated carbocycles. The van der Waals surface area contributed by atoms with Crippen LogP contribution >= 0.6 is 11.3 Å². The molecule has 1 amide bonds. The van der Waals surface area contributed by atoms with Crippen molar-refractivity contribution in [2.75, 3.05) is 7.11 Å². The molecule has 0 bridgehead atoms. The number of hydrogen-bond donors (Lipinski definition) is 0. The fraction of sp³-hybridized carbons (Fsp3) is 0.143. The highest BCUT2D eigenvalue weighted by molar-refractivity contribution is 7.16. The van der Waals surface area contributed by atoms with Gasteiger partial charge in [0.05, 0.1) is 29.4 Å². The van der Waals surface area contributed by atoms with Crippen LogP contribution in [0.15, 0.2) is 47.5 Å². The van der Waals surface area contributed by atoms with E-state index in [4.69, 9.17) is 11.2 Å². The molecule has 0 fully saturated rings. The molecule has 3 rings (SSSR count). The first-order valence-corrected chi connectivity index (χ1v) is 9.11. The molecule has 0 aliphatic rings. The summed E-state index contributed by atoms with van der Waals surface area (Å²) >= 11 is 1.25. The Morgan fingerprint density at radius 3 is 2.36 bits per heavy atom. The first kappa shape index (κ1) is 19.3. The van der Waals surface area contributed by atoms with Crippen LogP contribution in [0.25, 0.3) is 10.2 Å². The van der Waals surface area contributed by atoms with Gasteiger partial charge in [-0.25, -0.2) is 4.79 Å². The number of benzene rings is 2. The Kier molecular flexibility index (Phi) is 5.52. The second kappa shape index (κ2) is 8.03. The predicted octanol–water partition coefficient (Wildman–Crippen LogP) is 3.07. The Labute approximate surface area is 165 Å². The third-order valence-corrected chi connectivity index (χ3v) is 5.13. The fourth-order valence-corrected chi connectivity index (χ4v) is 3.71. The van der Waals surface area contributed by atoms with E-state index >= 15 is 0 Å². The van der Waals surface area contributed by atoms with E-state index in [9.17, 15) is 14.4 Å². The van der Waals surface area contributed by atoms with Gasteiger partial charge in [0.25, 0.3) is 5.91 Å². The number of nitrogens with zero attached hydrogens (tertiary/aromatic N) is 2. The summed E-state index contributed by atoms with van der Waals surface area (Å²) in [6, 6.07) is 11.4. The molecule has 0 unspecified atom stereocenters. The number of terminal acetylenes is 1. The summed E-state index contributed by atoms with van der Waals surface area (Å²) in [6.45, 7) is 1.69. The third kappa shape index (κ3) is 3.77. The Morgan fingerprint density at radius 2 is 1.75 bits per heavy atom. The molecule has 0 atom stereocenters. The normalized spacial score (nSPS) is 11.2. The third-order valence-electron chi connectivity index (χ3n) is 4.09. The summed E-state index contributed by atoms with van der Waals surface area (Å²) in [4.78, 5) is 40.3. The quantitative estimate of drug-likeness (QED) is 0.388. The Balaban J connectivity index is 2.08. The van der Waals surface area contributed by atoms with Crippen molar-refractivity contribution in [3.63, 3.8) is 0 Å². The molecule has 6 nitrogen and oxygen atoms in total. The fourth-order valence-electron chi connectivity index (χ4n) is 2.65. The molecular formula is C21H16N2O4S. The van der Waals surface area contributed by atoms with Gasteiger partial charge in [-0.05, 0) is 37.3 Å². The second-order valence-corrected chi connectivity index (χ2v) is 6.91. The zero-order valence-electron chi connectivity index (χ0n) is 15.3. The van der Waals surface area contributed by atoms with Crippen LogP contribution in [-0.2, 0) is 11.3 Å². The standard InChI is InChI=1S/C21H16N2O4S/c1-4-11-23-17-10-9-16(20(26)27-3)12-18(17)28-21(23)22-19(25)15-7-5-14(6-8-15)13(2)24/h1,5-10,12H,11H2,2-3H3. The smallest absolute Gasteiger partial charge is 0.337 e. The molecule has 1 aromatic heterocycles. The molecule has 0 spiro atoms. The molecule has 0 radical (unpaired) electrons. The van der Waals surface area contributed by atoms with Gasteiger partial charge in [-0.3, -0.25) is 9.59 Å². The van der Waals surface area contributed by atoms with E-state index in [-0.39, 0.29) is 12.3 Å². The summed E-state index contributed by atoms with van der Waals surface area (Å²) in [6.07, 6.45) is 5.47. The van der Waals surface area contributed by atoms with Crippen LogP contribution in [0.1, 0.15) is 38.0 Å². The summed E-state index contributed by atoms with van der Waals surface area (Å²) in [5, 5.41) is 0. The maximum absolute atomic E-state index is 12.6. The molecule has 1 heterocycles. The van der Waals surface area contributed by atoms with Crippen LogP contribution in [0.5, 0.6) is 0 Å². The van der Waals surface area contributed by atoms with Crippen LogP contribution in [0.4, 0.5) is 0 Å². The molecule has 0 aliphatic heterocycles. The van der Waals surface area contributed by atoms with Crippen molar-refractivity contribution in [2.24, 2.45) is 4.99 Å². The van der Waals surface area contributed by atoms with Crippen molar-refractivity contribution < 1.29 is 19.1 Å². The van der Waals surface area contributed by atoms with E-state index in [0.717, 1.165) is 10.2 Å². The molecule has 3 aromatic rings. The minimum absolute atomic E-state index is 0.0753. The second-order valence-electron chi connectivity index (χ2n) is 5.90. The minimum Gasteiger partial charge on any atom is -0.465 e. The van der Waals surface area contributed by atoms with E-state index in [1.165, 1.54) is 25.4 Å². The van der Waals surface area contributed by atoms with Crippen LogP contribution in [0.3, 0.4) is 0 Å². The number of carbonyl (C=O) groups excluding carboxylic acids is 3. The van der Waals surface area contributed by atoms with E-state index in [0.29, 0.717) is 21.5 Å². The molecule has 2 aromatic carbocycles. The van der Waals surface area contributed by atoms with Crippen LogP contribution in [0, 0.1) is 12.3 Å². The Hall–Kier alpha value is -3.50. The SMILES string of the molecule is C#CCn1c(=NC(=O)c2ccc(C(C)=O)cc2)sc2cc(C(=O)OC)ccc21. The maximum Gasteiger partial charge on any atom is 0.337 e. The molecule has 140 valence electrons. The number of rotatable bonds is 4. The zero-order chi connectivity index (χ0) is 20.3. The number of esters is 1. The lowest BCUT2D eigenvalue weighted by molar-refractivity contribution is 0.0600. The highest BCUT2D eigenvalue weighted by Gasteiger charge is 2.12. The molecule has 0 saturated heterocycles. The van der Waals surface area contributed by atoms with Gasteiger partial charge in [-0.15, -0.1) is 6.42 Å². The number of hydrogen-bond acceptors (Lipinski definition) is 5. The summed E-state index contributed by atoms with van der Waals surface area (Å²) in [5.41, 5.74) is 2.07. The van der Waals surface area contributed by atoms with E-state index in [1.807, 2.05) is 0 Å². The van der Waals surface area contributed by atoms with E-state index < -0.39 is 11.9 Å². The number of aromatic nitrogens is 1. The zero-order valence-corrected chi connectivity index (χ0v) is 16.1. The summed E-state index contributed by atoms with van der Waals surface area (Å²) < 4.78 is 7.24. The van der Waals surface area contributed by atoms with Gasteiger partial charge in [0, 0.05) is 11.1 Å². The van der Waals surface area contributed by atoms with E-state index in [1.54, 1.807) is 47.0 Å². The molecular weight excluding hydrogens is 376 g/mol. The lowest BCUT2D eigenvalue weighted by Crippen LogP contribution is -2.16. The number of methoxy groups -OCH3 is 1. The average Bonchev–Trinajstić information content (AvgIpc) is 3.04. The van der Waals surface area contributed by atoms with Crippen LogP contribution in [-0.4, -0.2) is 29.3 Å². The van der Waals surface area contributed by atoms with E-state index in [2.05, 4.69) is 10.9 Å². The minimum atomic E-state index is -0.445. The Bertz CT molecular complexity index is 1190. The van der Waals surface area contributed by atoms with Crippen LogP contribution < -0.4 is 4.80 Å². The van der Waals surface area contributed by atoms with Crippen molar-refractivity contribution in [1.29, 1.82) is 0 Å². The van der Waals surface area contributed by atoms with Gasteiger partial charge in [0.2, 0.25) is 0 Å². The van der Waals surface area contributed by atoms with Gasteiger partial charge < -0.3 is 9.30 Å². The largest absolute Gasteiger partial charge is 0.465 e. The number of ether oxygens (including phenoxy) is 1. The van der Waals surface area contributed by atoms with Crippen LogP contribution in [0.2, 0.25) is 0 Å². The maximum atomic E-state index is 12.6. The van der Waals surface area contributed by atoms with Crippen molar-refractivity contribution in [2.45, 2.75) is 13.5 Å².